The molecule has 1 atom stereocenters. The van der Waals surface area contributed by atoms with Crippen molar-refractivity contribution in [2.24, 2.45) is 5.41 Å². The van der Waals surface area contributed by atoms with Crippen molar-refractivity contribution in [3.05, 3.63) is 35.4 Å². The summed E-state index contributed by atoms with van der Waals surface area (Å²) in [5, 5.41) is 2.85. The van der Waals surface area contributed by atoms with Crippen LogP contribution < -0.4 is 5.32 Å². The SMILES string of the molecule is O=C(Cc1cccc(C(F)(F)F)c1)N1CCC2(CCCNC2=O)C1. The average molecular weight is 340 g/mol. The summed E-state index contributed by atoms with van der Waals surface area (Å²) in [5.41, 5.74) is -0.928. The van der Waals surface area contributed by atoms with E-state index < -0.39 is 17.2 Å². The summed E-state index contributed by atoms with van der Waals surface area (Å²) in [4.78, 5) is 26.1. The van der Waals surface area contributed by atoms with Crippen LogP contribution in [-0.4, -0.2) is 36.3 Å². The van der Waals surface area contributed by atoms with Gasteiger partial charge in [0.05, 0.1) is 17.4 Å². The van der Waals surface area contributed by atoms with Crippen molar-refractivity contribution < 1.29 is 22.8 Å². The fourth-order valence-corrected chi connectivity index (χ4v) is 3.55. The zero-order valence-electron chi connectivity index (χ0n) is 13.2. The van der Waals surface area contributed by atoms with E-state index in [-0.39, 0.29) is 18.2 Å². The topological polar surface area (TPSA) is 49.4 Å². The Bertz CT molecular complexity index is 659. The normalized spacial score (nSPS) is 24.3. The number of nitrogens with zero attached hydrogens (tertiary/aromatic N) is 1. The summed E-state index contributed by atoms with van der Waals surface area (Å²) in [6, 6.07) is 4.83. The monoisotopic (exact) mass is 340 g/mol. The zero-order chi connectivity index (χ0) is 17.4. The number of nitrogens with one attached hydrogen (secondary N) is 1. The minimum absolute atomic E-state index is 0.0110. The number of carbonyl (C=O) groups excluding carboxylic acids is 2. The Morgan fingerprint density at radius 1 is 1.29 bits per heavy atom. The number of carbonyl (C=O) groups is 2. The Morgan fingerprint density at radius 3 is 2.79 bits per heavy atom. The van der Waals surface area contributed by atoms with E-state index in [2.05, 4.69) is 5.32 Å². The van der Waals surface area contributed by atoms with E-state index in [9.17, 15) is 22.8 Å². The zero-order valence-corrected chi connectivity index (χ0v) is 13.2. The molecule has 1 unspecified atom stereocenters. The molecular weight excluding hydrogens is 321 g/mol. The van der Waals surface area contributed by atoms with Crippen LogP contribution >= 0.6 is 0 Å². The van der Waals surface area contributed by atoms with Crippen LogP contribution in [0.25, 0.3) is 0 Å². The molecule has 1 N–H and O–H groups in total. The van der Waals surface area contributed by atoms with E-state index in [0.29, 0.717) is 31.6 Å². The average Bonchev–Trinajstić information content (AvgIpc) is 2.95. The predicted octanol–water partition coefficient (Wildman–Crippen LogP) is 2.38. The number of benzene rings is 1. The molecule has 1 spiro atoms. The first-order valence-electron chi connectivity index (χ1n) is 8.02. The quantitative estimate of drug-likeness (QED) is 0.899. The molecule has 24 heavy (non-hydrogen) atoms. The molecule has 0 aromatic heterocycles. The highest BCUT2D eigenvalue weighted by molar-refractivity contribution is 5.86. The van der Waals surface area contributed by atoms with Gasteiger partial charge in [-0.15, -0.1) is 0 Å². The second-order valence-electron chi connectivity index (χ2n) is 6.58. The minimum Gasteiger partial charge on any atom is -0.356 e. The molecule has 2 saturated heterocycles. The van der Waals surface area contributed by atoms with Gasteiger partial charge in [-0.25, -0.2) is 0 Å². The predicted molar refractivity (Wildman–Crippen MR) is 81.0 cm³/mol. The second kappa shape index (κ2) is 6.11. The smallest absolute Gasteiger partial charge is 0.356 e. The van der Waals surface area contributed by atoms with Crippen LogP contribution in [0.3, 0.4) is 0 Å². The van der Waals surface area contributed by atoms with Crippen molar-refractivity contribution in [3.63, 3.8) is 0 Å². The molecule has 130 valence electrons. The maximum atomic E-state index is 12.7. The first-order valence-corrected chi connectivity index (χ1v) is 8.02. The Kier molecular flexibility index (Phi) is 4.27. The van der Waals surface area contributed by atoms with Gasteiger partial charge in [-0.2, -0.15) is 13.2 Å². The van der Waals surface area contributed by atoms with Gasteiger partial charge >= 0.3 is 6.18 Å². The Labute approximate surface area is 138 Å². The van der Waals surface area contributed by atoms with E-state index in [1.807, 2.05) is 0 Å². The van der Waals surface area contributed by atoms with Crippen molar-refractivity contribution >= 4 is 11.8 Å². The highest BCUT2D eigenvalue weighted by Crippen LogP contribution is 2.37. The van der Waals surface area contributed by atoms with Crippen molar-refractivity contribution in [3.8, 4) is 0 Å². The highest BCUT2D eigenvalue weighted by Gasteiger charge is 2.46. The molecule has 4 nitrogen and oxygen atoms in total. The molecule has 3 rings (SSSR count). The van der Waals surface area contributed by atoms with E-state index in [1.54, 1.807) is 4.90 Å². The number of halogens is 3. The lowest BCUT2D eigenvalue weighted by molar-refractivity contribution is -0.138. The molecule has 0 aliphatic carbocycles. The summed E-state index contributed by atoms with van der Waals surface area (Å²) < 4.78 is 38.2. The van der Waals surface area contributed by atoms with Gasteiger partial charge in [0.1, 0.15) is 0 Å². The molecule has 2 fully saturated rings. The van der Waals surface area contributed by atoms with Crippen LogP contribution in [0.1, 0.15) is 30.4 Å². The van der Waals surface area contributed by atoms with Crippen LogP contribution in [0, 0.1) is 5.41 Å². The molecular formula is C17H19F3N2O2. The Morgan fingerprint density at radius 2 is 2.08 bits per heavy atom. The maximum Gasteiger partial charge on any atom is 0.416 e. The van der Waals surface area contributed by atoms with Gasteiger partial charge in [0.2, 0.25) is 11.8 Å². The van der Waals surface area contributed by atoms with Crippen LogP contribution in [0.2, 0.25) is 0 Å². The number of rotatable bonds is 2. The summed E-state index contributed by atoms with van der Waals surface area (Å²) in [6.45, 7) is 1.50. The molecule has 1 aromatic rings. The molecule has 0 bridgehead atoms. The lowest BCUT2D eigenvalue weighted by atomic mass is 9.79. The second-order valence-corrected chi connectivity index (χ2v) is 6.58. The van der Waals surface area contributed by atoms with Crippen LogP contribution in [0.4, 0.5) is 13.2 Å². The molecule has 7 heteroatoms. The lowest BCUT2D eigenvalue weighted by Gasteiger charge is -2.32. The van der Waals surface area contributed by atoms with Crippen LogP contribution in [-0.2, 0) is 22.2 Å². The molecule has 2 amide bonds. The fraction of sp³-hybridized carbons (Fsp3) is 0.529. The lowest BCUT2D eigenvalue weighted by Crippen LogP contribution is -2.48. The van der Waals surface area contributed by atoms with Gasteiger partial charge in [0.15, 0.2) is 0 Å². The largest absolute Gasteiger partial charge is 0.416 e. The molecule has 2 aliphatic rings. The fourth-order valence-electron chi connectivity index (χ4n) is 3.55. The first-order chi connectivity index (χ1) is 11.3. The number of hydrogen-bond acceptors (Lipinski definition) is 2. The maximum absolute atomic E-state index is 12.7. The molecule has 0 radical (unpaired) electrons. The van der Waals surface area contributed by atoms with Gasteiger partial charge in [0, 0.05) is 19.6 Å². The van der Waals surface area contributed by atoms with Crippen molar-refractivity contribution in [2.75, 3.05) is 19.6 Å². The third-order valence-electron chi connectivity index (χ3n) is 4.92. The van der Waals surface area contributed by atoms with Crippen LogP contribution in [0.5, 0.6) is 0 Å². The van der Waals surface area contributed by atoms with Gasteiger partial charge in [-0.3, -0.25) is 9.59 Å². The first kappa shape index (κ1) is 16.8. The van der Waals surface area contributed by atoms with Gasteiger partial charge in [0.25, 0.3) is 0 Å². The number of piperidine rings is 1. The van der Waals surface area contributed by atoms with Crippen molar-refractivity contribution in [1.82, 2.24) is 10.2 Å². The van der Waals surface area contributed by atoms with E-state index in [1.165, 1.54) is 12.1 Å². The van der Waals surface area contributed by atoms with Crippen molar-refractivity contribution in [2.45, 2.75) is 31.9 Å². The third kappa shape index (κ3) is 3.25. The van der Waals surface area contributed by atoms with E-state index in [4.69, 9.17) is 0 Å². The number of likely N-dealkylation sites (tertiary alicyclic amines) is 1. The highest BCUT2D eigenvalue weighted by atomic mass is 19.4. The summed E-state index contributed by atoms with van der Waals surface area (Å²) >= 11 is 0. The molecule has 2 aliphatic heterocycles. The molecule has 0 saturated carbocycles. The number of hydrogen-bond donors (Lipinski definition) is 1. The number of alkyl halides is 3. The van der Waals surface area contributed by atoms with E-state index in [0.717, 1.165) is 25.0 Å². The third-order valence-corrected chi connectivity index (χ3v) is 4.92. The van der Waals surface area contributed by atoms with Crippen LogP contribution in [0.15, 0.2) is 24.3 Å². The minimum atomic E-state index is -4.42. The molecule has 2 heterocycles. The van der Waals surface area contributed by atoms with Gasteiger partial charge in [-0.1, -0.05) is 18.2 Å². The van der Waals surface area contributed by atoms with E-state index >= 15 is 0 Å². The summed E-state index contributed by atoms with van der Waals surface area (Å²) in [6.07, 6.45) is -2.24. The van der Waals surface area contributed by atoms with Crippen molar-refractivity contribution in [1.29, 1.82) is 0 Å². The summed E-state index contributed by atoms with van der Waals surface area (Å²) in [5.74, 6) is -0.243. The summed E-state index contributed by atoms with van der Waals surface area (Å²) in [7, 11) is 0. The Balaban J connectivity index is 1.67. The molecule has 1 aromatic carbocycles. The van der Waals surface area contributed by atoms with Gasteiger partial charge < -0.3 is 10.2 Å². The Hall–Kier alpha value is -2.05. The standard InChI is InChI=1S/C17H19F3N2O2/c18-17(19,20)13-4-1-3-12(9-13)10-14(23)22-8-6-16(11-22)5-2-7-21-15(16)24/h1,3-4,9H,2,5-8,10-11H2,(H,21,24). The number of amides is 2. The van der Waals surface area contributed by atoms with Gasteiger partial charge in [-0.05, 0) is 30.9 Å².